The van der Waals surface area contributed by atoms with Gasteiger partial charge in [0.1, 0.15) is 10.6 Å². The minimum atomic E-state index is -0.456. The van der Waals surface area contributed by atoms with Gasteiger partial charge in [-0.3, -0.25) is 4.79 Å². The predicted molar refractivity (Wildman–Crippen MR) is 124 cm³/mol. The van der Waals surface area contributed by atoms with Gasteiger partial charge in [0.05, 0.1) is 6.61 Å². The lowest BCUT2D eigenvalue weighted by atomic mass is 9.97. The monoisotopic (exact) mass is 439 g/mol. The lowest BCUT2D eigenvalue weighted by Crippen LogP contribution is -2.12. The van der Waals surface area contributed by atoms with Crippen molar-refractivity contribution in [2.75, 3.05) is 11.9 Å². The Labute approximate surface area is 185 Å². The summed E-state index contributed by atoms with van der Waals surface area (Å²) in [4.78, 5) is 25.2. The summed E-state index contributed by atoms with van der Waals surface area (Å²) in [7, 11) is 0. The molecule has 0 aliphatic carbocycles. The van der Waals surface area contributed by atoms with Crippen LogP contribution >= 0.6 is 22.9 Å². The Balaban J connectivity index is 1.91. The molecule has 0 atom stereocenters. The first-order chi connectivity index (χ1) is 14.4. The summed E-state index contributed by atoms with van der Waals surface area (Å²) in [5.74, 6) is -0.794. The van der Waals surface area contributed by atoms with Gasteiger partial charge in [0.25, 0.3) is 0 Å². The van der Waals surface area contributed by atoms with E-state index in [1.165, 1.54) is 17.4 Å². The molecule has 0 radical (unpaired) electrons. The molecule has 0 aliphatic rings. The quantitative estimate of drug-likeness (QED) is 0.351. The average Bonchev–Trinajstić information content (AvgIpc) is 3.10. The van der Waals surface area contributed by atoms with E-state index in [1.54, 1.807) is 25.1 Å². The van der Waals surface area contributed by atoms with Crippen molar-refractivity contribution in [2.45, 2.75) is 20.8 Å². The molecule has 0 unspecified atom stereocenters. The van der Waals surface area contributed by atoms with E-state index < -0.39 is 5.97 Å². The summed E-state index contributed by atoms with van der Waals surface area (Å²) in [6, 6.07) is 13.2. The molecule has 3 aromatic rings. The maximum Gasteiger partial charge on any atom is 0.341 e. The number of carbonyl (C=O) groups is 2. The molecule has 1 heterocycles. The van der Waals surface area contributed by atoms with Crippen molar-refractivity contribution >= 4 is 45.9 Å². The highest BCUT2D eigenvalue weighted by Crippen LogP contribution is 2.38. The second-order valence-corrected chi connectivity index (χ2v) is 8.09. The third-order valence-electron chi connectivity index (χ3n) is 4.46. The van der Waals surface area contributed by atoms with Gasteiger partial charge in [0, 0.05) is 22.0 Å². The summed E-state index contributed by atoms with van der Waals surface area (Å²) < 4.78 is 5.26. The number of hydrogen-bond donors (Lipinski definition) is 1. The number of anilines is 1. The molecule has 1 amide bonds. The van der Waals surface area contributed by atoms with E-state index >= 15 is 0 Å². The molecule has 0 saturated carbocycles. The summed E-state index contributed by atoms with van der Waals surface area (Å²) in [5.41, 5.74) is 5.07. The standard InChI is InChI=1S/C24H22ClNO3S/c1-4-29-24(28)22-20(19-10-8-15(2)12-16(19)3)14-30-23(22)26-21(27)11-9-17-6-5-7-18(25)13-17/h5-14H,4H2,1-3H3,(H,26,27)/b11-9+. The molecule has 4 nitrogen and oxygen atoms in total. The van der Waals surface area contributed by atoms with E-state index in [0.717, 1.165) is 27.8 Å². The molecule has 1 aromatic heterocycles. The van der Waals surface area contributed by atoms with E-state index in [-0.39, 0.29) is 12.5 Å². The molecule has 0 aliphatic heterocycles. The summed E-state index contributed by atoms with van der Waals surface area (Å²) in [5, 5.41) is 5.75. The Bertz CT molecular complexity index is 1120. The molecular formula is C24H22ClNO3S. The largest absolute Gasteiger partial charge is 0.462 e. The van der Waals surface area contributed by atoms with Crippen molar-refractivity contribution in [1.29, 1.82) is 0 Å². The molecule has 0 fully saturated rings. The van der Waals surface area contributed by atoms with Gasteiger partial charge < -0.3 is 10.1 Å². The minimum absolute atomic E-state index is 0.253. The first kappa shape index (κ1) is 21.8. The fourth-order valence-corrected chi connectivity index (χ4v) is 4.26. The van der Waals surface area contributed by atoms with Gasteiger partial charge in [-0.25, -0.2) is 4.79 Å². The number of ether oxygens (including phenoxy) is 1. The van der Waals surface area contributed by atoms with Gasteiger partial charge in [-0.05, 0) is 55.7 Å². The molecule has 0 saturated heterocycles. The van der Waals surface area contributed by atoms with Gasteiger partial charge in [-0.15, -0.1) is 11.3 Å². The van der Waals surface area contributed by atoms with Crippen molar-refractivity contribution in [3.63, 3.8) is 0 Å². The van der Waals surface area contributed by atoms with Crippen LogP contribution in [0, 0.1) is 13.8 Å². The number of esters is 1. The number of halogens is 1. The van der Waals surface area contributed by atoms with Gasteiger partial charge in [0.15, 0.2) is 0 Å². The van der Waals surface area contributed by atoms with Crippen molar-refractivity contribution in [3.8, 4) is 11.1 Å². The summed E-state index contributed by atoms with van der Waals surface area (Å²) in [6.07, 6.45) is 3.08. The number of amides is 1. The third kappa shape index (κ3) is 5.17. The topological polar surface area (TPSA) is 55.4 Å². The van der Waals surface area contributed by atoms with Crippen LogP contribution in [0.1, 0.15) is 34.0 Å². The fraction of sp³-hybridized carbons (Fsp3) is 0.167. The van der Waals surface area contributed by atoms with Crippen molar-refractivity contribution in [2.24, 2.45) is 0 Å². The zero-order valence-electron chi connectivity index (χ0n) is 17.0. The van der Waals surface area contributed by atoms with Crippen molar-refractivity contribution < 1.29 is 14.3 Å². The number of thiophene rings is 1. The number of hydrogen-bond acceptors (Lipinski definition) is 4. The molecule has 6 heteroatoms. The SMILES string of the molecule is CCOC(=O)c1c(-c2ccc(C)cc2C)csc1NC(=O)/C=C/c1cccc(Cl)c1. The third-order valence-corrected chi connectivity index (χ3v) is 5.59. The molecule has 0 bridgehead atoms. The number of benzene rings is 2. The first-order valence-electron chi connectivity index (χ1n) is 9.50. The second-order valence-electron chi connectivity index (χ2n) is 6.77. The van der Waals surface area contributed by atoms with Crippen LogP contribution < -0.4 is 5.32 Å². The number of carbonyl (C=O) groups excluding carboxylic acids is 2. The Morgan fingerprint density at radius 1 is 1.13 bits per heavy atom. The van der Waals surface area contributed by atoms with Crippen molar-refractivity contribution in [1.82, 2.24) is 0 Å². The van der Waals surface area contributed by atoms with E-state index in [2.05, 4.69) is 11.4 Å². The molecule has 1 N–H and O–H groups in total. The van der Waals surface area contributed by atoms with Crippen LogP contribution in [0.2, 0.25) is 5.02 Å². The highest BCUT2D eigenvalue weighted by atomic mass is 35.5. The van der Waals surface area contributed by atoms with Gasteiger partial charge in [-0.2, -0.15) is 0 Å². The minimum Gasteiger partial charge on any atom is -0.462 e. The lowest BCUT2D eigenvalue weighted by Gasteiger charge is -2.10. The number of aryl methyl sites for hydroxylation is 2. The summed E-state index contributed by atoms with van der Waals surface area (Å²) >= 11 is 7.28. The summed E-state index contributed by atoms with van der Waals surface area (Å²) in [6.45, 7) is 6.03. The van der Waals surface area contributed by atoms with Crippen LogP contribution in [0.15, 0.2) is 53.9 Å². The lowest BCUT2D eigenvalue weighted by molar-refractivity contribution is -0.111. The van der Waals surface area contributed by atoms with Crippen LogP contribution in [-0.4, -0.2) is 18.5 Å². The number of rotatable bonds is 6. The Morgan fingerprint density at radius 3 is 2.63 bits per heavy atom. The molecule has 2 aromatic carbocycles. The zero-order valence-corrected chi connectivity index (χ0v) is 18.6. The van der Waals surface area contributed by atoms with E-state index in [1.807, 2.05) is 43.5 Å². The number of nitrogens with one attached hydrogen (secondary N) is 1. The van der Waals surface area contributed by atoms with Gasteiger partial charge in [-0.1, -0.05) is 47.5 Å². The van der Waals surface area contributed by atoms with E-state index in [0.29, 0.717) is 15.6 Å². The van der Waals surface area contributed by atoms with Crippen LogP contribution in [0.4, 0.5) is 5.00 Å². The van der Waals surface area contributed by atoms with E-state index in [9.17, 15) is 9.59 Å². The highest BCUT2D eigenvalue weighted by molar-refractivity contribution is 7.15. The smallest absolute Gasteiger partial charge is 0.341 e. The normalized spacial score (nSPS) is 10.9. The fourth-order valence-electron chi connectivity index (χ4n) is 3.11. The molecule has 30 heavy (non-hydrogen) atoms. The maximum atomic E-state index is 12.7. The maximum absolute atomic E-state index is 12.7. The zero-order chi connectivity index (χ0) is 21.7. The Hall–Kier alpha value is -2.89. The highest BCUT2D eigenvalue weighted by Gasteiger charge is 2.23. The van der Waals surface area contributed by atoms with Crippen LogP contribution in [-0.2, 0) is 9.53 Å². The van der Waals surface area contributed by atoms with Crippen molar-refractivity contribution in [3.05, 3.63) is 81.2 Å². The second kappa shape index (κ2) is 9.74. The Morgan fingerprint density at radius 2 is 1.93 bits per heavy atom. The van der Waals surface area contributed by atoms with Crippen LogP contribution in [0.3, 0.4) is 0 Å². The molecule has 3 rings (SSSR count). The van der Waals surface area contributed by atoms with Crippen LogP contribution in [0.5, 0.6) is 0 Å². The Kier molecular flexibility index (Phi) is 7.08. The first-order valence-corrected chi connectivity index (χ1v) is 10.8. The van der Waals surface area contributed by atoms with Gasteiger partial charge in [0.2, 0.25) is 5.91 Å². The van der Waals surface area contributed by atoms with E-state index in [4.69, 9.17) is 16.3 Å². The van der Waals surface area contributed by atoms with Crippen LogP contribution in [0.25, 0.3) is 17.2 Å². The molecular weight excluding hydrogens is 418 g/mol. The molecule has 154 valence electrons. The van der Waals surface area contributed by atoms with Gasteiger partial charge >= 0.3 is 5.97 Å². The average molecular weight is 440 g/mol. The predicted octanol–water partition coefficient (Wildman–Crippen LogP) is 6.51. The molecule has 0 spiro atoms.